The Morgan fingerprint density at radius 1 is 1.42 bits per heavy atom. The molecule has 0 bridgehead atoms. The van der Waals surface area contributed by atoms with Crippen molar-refractivity contribution in [3.05, 3.63) is 24.3 Å². The van der Waals surface area contributed by atoms with Gasteiger partial charge in [0.05, 0.1) is 12.0 Å². The quantitative estimate of drug-likeness (QED) is 0.603. The summed E-state index contributed by atoms with van der Waals surface area (Å²) in [6, 6.07) is 7.48. The number of carbonyl (C=O) groups excluding carboxylic acids is 1. The van der Waals surface area contributed by atoms with Crippen LogP contribution in [-0.2, 0) is 0 Å². The van der Waals surface area contributed by atoms with Gasteiger partial charge in [0, 0.05) is 24.0 Å². The highest BCUT2D eigenvalue weighted by atomic mass is 35.5. The van der Waals surface area contributed by atoms with E-state index in [4.69, 9.17) is 11.6 Å². The van der Waals surface area contributed by atoms with E-state index in [-0.39, 0.29) is 11.9 Å². The number of urea groups is 1. The number of nitrogens with one attached hydrogen (secondary N) is 3. The first-order chi connectivity index (χ1) is 9.17. The molecule has 1 saturated carbocycles. The maximum absolute atomic E-state index is 11.6. The van der Waals surface area contributed by atoms with Crippen molar-refractivity contribution in [2.45, 2.75) is 25.0 Å². The second kappa shape index (κ2) is 6.63. The number of hydrogen-bond acceptors (Lipinski definition) is 3. The summed E-state index contributed by atoms with van der Waals surface area (Å²) in [5, 5.41) is 18.1. The third-order valence-corrected chi connectivity index (χ3v) is 3.11. The number of halogens is 1. The number of aliphatic hydroxyl groups is 1. The molecule has 4 N–H and O–H groups in total. The average Bonchev–Trinajstić information content (AvgIpc) is 3.20. The van der Waals surface area contributed by atoms with E-state index in [0.717, 1.165) is 18.5 Å². The monoisotopic (exact) mass is 283 g/mol. The van der Waals surface area contributed by atoms with Crippen LogP contribution in [0, 0.1) is 0 Å². The van der Waals surface area contributed by atoms with Crippen LogP contribution in [0.5, 0.6) is 0 Å². The van der Waals surface area contributed by atoms with Gasteiger partial charge < -0.3 is 21.1 Å². The fraction of sp³-hybridized carbons (Fsp3) is 0.462. The molecule has 0 aliphatic heterocycles. The fourth-order valence-electron chi connectivity index (χ4n) is 1.58. The van der Waals surface area contributed by atoms with Crippen LogP contribution >= 0.6 is 11.6 Å². The normalized spacial score (nSPS) is 15.7. The molecule has 1 aromatic rings. The van der Waals surface area contributed by atoms with Gasteiger partial charge in [-0.25, -0.2) is 4.79 Å². The van der Waals surface area contributed by atoms with Crippen LogP contribution in [0.3, 0.4) is 0 Å². The Bertz CT molecular complexity index is 438. The third kappa shape index (κ3) is 4.96. The van der Waals surface area contributed by atoms with E-state index in [2.05, 4.69) is 16.0 Å². The minimum atomic E-state index is -0.587. The molecule has 104 valence electrons. The first kappa shape index (κ1) is 14.0. The van der Waals surface area contributed by atoms with Crippen LogP contribution in [0.25, 0.3) is 0 Å². The van der Waals surface area contributed by atoms with Crippen LogP contribution in [0.15, 0.2) is 24.3 Å². The first-order valence-electron chi connectivity index (χ1n) is 6.33. The molecule has 6 heteroatoms. The number of alkyl halides is 1. The lowest BCUT2D eigenvalue weighted by atomic mass is 10.2. The van der Waals surface area contributed by atoms with Crippen molar-refractivity contribution in [3.8, 4) is 0 Å². The van der Waals surface area contributed by atoms with Gasteiger partial charge in [-0.1, -0.05) is 6.07 Å². The Labute approximate surface area is 117 Å². The van der Waals surface area contributed by atoms with Crippen LogP contribution in [0.2, 0.25) is 0 Å². The zero-order chi connectivity index (χ0) is 13.7. The summed E-state index contributed by atoms with van der Waals surface area (Å²) >= 11 is 5.52. The average molecular weight is 284 g/mol. The number of anilines is 2. The van der Waals surface area contributed by atoms with Gasteiger partial charge in [0.15, 0.2) is 0 Å². The molecule has 0 radical (unpaired) electrons. The summed E-state index contributed by atoms with van der Waals surface area (Å²) in [6.07, 6.45) is 1.54. The Balaban J connectivity index is 1.85. The smallest absolute Gasteiger partial charge is 0.319 e. The predicted molar refractivity (Wildman–Crippen MR) is 76.8 cm³/mol. The highest BCUT2D eigenvalue weighted by Gasteiger charge is 2.23. The van der Waals surface area contributed by atoms with Crippen LogP contribution in [-0.4, -0.2) is 35.7 Å². The van der Waals surface area contributed by atoms with Crippen LogP contribution in [0.1, 0.15) is 12.8 Å². The maximum Gasteiger partial charge on any atom is 0.319 e. The van der Waals surface area contributed by atoms with Crippen molar-refractivity contribution in [1.29, 1.82) is 0 Å². The minimum absolute atomic E-state index is 0.180. The molecule has 1 aromatic carbocycles. The van der Waals surface area contributed by atoms with Gasteiger partial charge in [-0.05, 0) is 31.0 Å². The van der Waals surface area contributed by atoms with Gasteiger partial charge in [0.2, 0.25) is 0 Å². The molecule has 1 aliphatic rings. The summed E-state index contributed by atoms with van der Waals surface area (Å²) in [6.45, 7) is 0.376. The summed E-state index contributed by atoms with van der Waals surface area (Å²) < 4.78 is 0. The number of hydrogen-bond donors (Lipinski definition) is 4. The molecule has 1 unspecified atom stereocenters. The Morgan fingerprint density at radius 2 is 2.16 bits per heavy atom. The van der Waals surface area contributed by atoms with E-state index in [1.807, 2.05) is 24.3 Å². The van der Waals surface area contributed by atoms with E-state index in [1.165, 1.54) is 0 Å². The van der Waals surface area contributed by atoms with E-state index in [0.29, 0.717) is 18.3 Å². The van der Waals surface area contributed by atoms with Crippen molar-refractivity contribution in [3.63, 3.8) is 0 Å². The topological polar surface area (TPSA) is 73.4 Å². The third-order valence-electron chi connectivity index (χ3n) is 2.75. The van der Waals surface area contributed by atoms with E-state index < -0.39 is 6.10 Å². The Hall–Kier alpha value is -1.46. The summed E-state index contributed by atoms with van der Waals surface area (Å²) in [5.41, 5.74) is 1.54. The van der Waals surface area contributed by atoms with E-state index >= 15 is 0 Å². The lowest BCUT2D eigenvalue weighted by Crippen LogP contribution is -2.30. The standard InChI is InChI=1S/C13H18ClN3O2/c14-7-12(18)8-15-10-2-1-3-11(6-10)17-13(19)16-9-4-5-9/h1-3,6,9,12,15,18H,4-5,7-8H2,(H2,16,17,19). The molecule has 0 aromatic heterocycles. The molecule has 1 atom stereocenters. The predicted octanol–water partition coefficient (Wildman–Crippen LogP) is 1.98. The van der Waals surface area contributed by atoms with Crippen molar-refractivity contribution in [2.75, 3.05) is 23.1 Å². The summed E-state index contributed by atoms with van der Waals surface area (Å²) in [7, 11) is 0. The molecule has 1 aliphatic carbocycles. The second-order valence-electron chi connectivity index (χ2n) is 4.64. The van der Waals surface area contributed by atoms with E-state index in [1.54, 1.807) is 0 Å². The zero-order valence-electron chi connectivity index (χ0n) is 10.5. The Morgan fingerprint density at radius 3 is 2.84 bits per heavy atom. The second-order valence-corrected chi connectivity index (χ2v) is 4.95. The van der Waals surface area contributed by atoms with Gasteiger partial charge in [-0.15, -0.1) is 11.6 Å². The molecule has 1 fully saturated rings. The van der Waals surface area contributed by atoms with Gasteiger partial charge in [-0.3, -0.25) is 0 Å². The summed E-state index contributed by atoms with van der Waals surface area (Å²) in [4.78, 5) is 11.6. The molecule has 0 saturated heterocycles. The Kier molecular flexibility index (Phi) is 4.87. The van der Waals surface area contributed by atoms with Crippen molar-refractivity contribution in [2.24, 2.45) is 0 Å². The lowest BCUT2D eigenvalue weighted by Gasteiger charge is -2.12. The number of amides is 2. The molecule has 0 heterocycles. The summed E-state index contributed by atoms with van der Waals surface area (Å²) in [5.74, 6) is 0.189. The maximum atomic E-state index is 11.6. The van der Waals surface area contributed by atoms with Crippen LogP contribution < -0.4 is 16.0 Å². The fourth-order valence-corrected chi connectivity index (χ4v) is 1.69. The highest BCUT2D eigenvalue weighted by Crippen LogP contribution is 2.19. The highest BCUT2D eigenvalue weighted by molar-refractivity contribution is 6.18. The van der Waals surface area contributed by atoms with E-state index in [9.17, 15) is 9.90 Å². The van der Waals surface area contributed by atoms with Gasteiger partial charge >= 0.3 is 6.03 Å². The number of benzene rings is 1. The SMILES string of the molecule is O=C(Nc1cccc(NCC(O)CCl)c1)NC1CC1. The first-order valence-corrected chi connectivity index (χ1v) is 6.86. The number of rotatable bonds is 6. The molecule has 5 nitrogen and oxygen atoms in total. The van der Waals surface area contributed by atoms with Gasteiger partial charge in [-0.2, -0.15) is 0 Å². The lowest BCUT2D eigenvalue weighted by molar-refractivity contribution is 0.211. The molecule has 0 spiro atoms. The zero-order valence-corrected chi connectivity index (χ0v) is 11.3. The molecule has 2 amide bonds. The largest absolute Gasteiger partial charge is 0.390 e. The van der Waals surface area contributed by atoms with Crippen molar-refractivity contribution < 1.29 is 9.90 Å². The molecule has 19 heavy (non-hydrogen) atoms. The molecule has 2 rings (SSSR count). The van der Waals surface area contributed by atoms with Gasteiger partial charge in [0.1, 0.15) is 0 Å². The van der Waals surface area contributed by atoms with Crippen molar-refractivity contribution in [1.82, 2.24) is 5.32 Å². The number of carbonyl (C=O) groups is 1. The van der Waals surface area contributed by atoms with Crippen molar-refractivity contribution >= 4 is 29.0 Å². The molecular weight excluding hydrogens is 266 g/mol. The molecular formula is C13H18ClN3O2. The number of aliphatic hydroxyl groups excluding tert-OH is 1. The van der Waals surface area contributed by atoms with Crippen LogP contribution in [0.4, 0.5) is 16.2 Å². The minimum Gasteiger partial charge on any atom is -0.390 e. The van der Waals surface area contributed by atoms with Gasteiger partial charge in [0.25, 0.3) is 0 Å².